The minimum Gasteiger partial charge on any atom is -0.494 e. The predicted molar refractivity (Wildman–Crippen MR) is 266 cm³/mol. The third-order valence-corrected chi connectivity index (χ3v) is 13.3. The molecule has 10 nitrogen and oxygen atoms in total. The molecule has 0 aromatic heterocycles. The van der Waals surface area contributed by atoms with Crippen LogP contribution in [-0.4, -0.2) is 49.9 Å². The normalized spacial score (nSPS) is 11.7. The second-order valence-electron chi connectivity index (χ2n) is 16.8. The van der Waals surface area contributed by atoms with Gasteiger partial charge in [0.1, 0.15) is 11.5 Å². The first kappa shape index (κ1) is 51.5. The molecule has 0 radical (unpaired) electrons. The summed E-state index contributed by atoms with van der Waals surface area (Å²) in [7, 11) is 0. The summed E-state index contributed by atoms with van der Waals surface area (Å²) in [4.78, 5) is 54.7. The van der Waals surface area contributed by atoms with Crippen LogP contribution in [0.1, 0.15) is 148 Å². The van der Waals surface area contributed by atoms with Crippen LogP contribution in [0.3, 0.4) is 0 Å². The van der Waals surface area contributed by atoms with Gasteiger partial charge < -0.3 is 30.4 Å². The van der Waals surface area contributed by atoms with E-state index >= 15 is 0 Å². The van der Waals surface area contributed by atoms with Gasteiger partial charge in [0, 0.05) is 53.2 Å². The molecule has 0 atom stereocenters. The van der Waals surface area contributed by atoms with Gasteiger partial charge in [-0.05, 0) is 112 Å². The molecule has 0 fully saturated rings. The topological polar surface area (TPSA) is 157 Å². The summed E-state index contributed by atoms with van der Waals surface area (Å²) >= 11 is 2.81. The average Bonchev–Trinajstić information content (AvgIpc) is 3.30. The highest BCUT2D eigenvalue weighted by molar-refractivity contribution is 7.99. The third kappa shape index (κ3) is 15.9. The van der Waals surface area contributed by atoms with Gasteiger partial charge >= 0.3 is 11.9 Å². The molecular formula is C54H66N2O8S2. The van der Waals surface area contributed by atoms with E-state index in [0.717, 1.165) is 98.3 Å². The smallest absolute Gasteiger partial charge is 0.333 e. The van der Waals surface area contributed by atoms with Crippen LogP contribution in [0.4, 0.5) is 11.4 Å². The van der Waals surface area contributed by atoms with Crippen molar-refractivity contribution in [2.24, 2.45) is 0 Å². The van der Waals surface area contributed by atoms with E-state index in [1.165, 1.54) is 49.2 Å². The van der Waals surface area contributed by atoms with E-state index in [1.807, 2.05) is 48.5 Å². The van der Waals surface area contributed by atoms with E-state index < -0.39 is 0 Å². The lowest BCUT2D eigenvalue weighted by Crippen LogP contribution is -2.25. The Bertz CT molecular complexity index is 2130. The molecule has 0 saturated carbocycles. The summed E-state index contributed by atoms with van der Waals surface area (Å²) in [6, 6.07) is 22.5. The van der Waals surface area contributed by atoms with Gasteiger partial charge in [0.15, 0.2) is 11.6 Å². The number of unbranched alkanes of at least 4 members (excludes halogenated alkanes) is 14. The summed E-state index contributed by atoms with van der Waals surface area (Å²) in [5, 5.41) is 0. The minimum absolute atomic E-state index is 0.185. The first-order valence-electron chi connectivity index (χ1n) is 23.4. The number of ketones is 2. The number of nitrogen functional groups attached to an aromatic ring is 2. The van der Waals surface area contributed by atoms with Crippen LogP contribution in [0.25, 0.3) is 0 Å². The third-order valence-electron chi connectivity index (χ3n) is 11.2. The Kier molecular flexibility index (Phi) is 21.3. The van der Waals surface area contributed by atoms with Gasteiger partial charge in [-0.15, -0.1) is 0 Å². The highest BCUT2D eigenvalue weighted by Crippen LogP contribution is 2.45. The average molecular weight is 935 g/mol. The SMILES string of the molecule is C=C(C)C(=O)OCCCCCCCCCCOc1ccc(Sc2ccc(N)c3c2C(=O)c2c(Sc4ccc(OCCCCCCCCCCOC(=O)C(=C)C)cc4)ccc(N)c2C3=O)cc1. The maximum Gasteiger partial charge on any atom is 0.333 e. The zero-order valence-electron chi connectivity index (χ0n) is 38.7. The van der Waals surface area contributed by atoms with Crippen molar-refractivity contribution in [3.63, 3.8) is 0 Å². The first-order chi connectivity index (χ1) is 31.9. The molecule has 0 unspecified atom stereocenters. The highest BCUT2D eigenvalue weighted by atomic mass is 32.2. The molecule has 1 aliphatic rings. The van der Waals surface area contributed by atoms with Gasteiger partial charge in [-0.25, -0.2) is 9.59 Å². The number of ether oxygens (including phenoxy) is 4. The summed E-state index contributed by atoms with van der Waals surface area (Å²) < 4.78 is 22.3. The Morgan fingerprint density at radius 1 is 0.439 bits per heavy atom. The number of carbonyl (C=O) groups excluding carboxylic acids is 4. The van der Waals surface area contributed by atoms with Gasteiger partial charge in [0.25, 0.3) is 0 Å². The zero-order valence-corrected chi connectivity index (χ0v) is 40.4. The van der Waals surface area contributed by atoms with E-state index in [0.29, 0.717) is 47.4 Å². The van der Waals surface area contributed by atoms with E-state index in [2.05, 4.69) is 13.2 Å². The maximum atomic E-state index is 14.6. The van der Waals surface area contributed by atoms with Crippen LogP contribution < -0.4 is 20.9 Å². The molecule has 0 saturated heterocycles. The maximum absolute atomic E-state index is 14.6. The van der Waals surface area contributed by atoms with Gasteiger partial charge in [0.05, 0.1) is 37.6 Å². The van der Waals surface area contributed by atoms with Crippen molar-refractivity contribution in [3.8, 4) is 11.5 Å². The number of hydrogen-bond acceptors (Lipinski definition) is 12. The number of fused-ring (bicyclic) bond motifs is 2. The molecule has 0 amide bonds. The molecule has 1 aliphatic carbocycles. The molecule has 12 heteroatoms. The molecule has 4 N–H and O–H groups in total. The summed E-state index contributed by atoms with van der Waals surface area (Å²) in [5.74, 6) is 0.277. The number of benzene rings is 4. The summed E-state index contributed by atoms with van der Waals surface area (Å²) in [6.45, 7) is 12.7. The Morgan fingerprint density at radius 3 is 1.08 bits per heavy atom. The fraction of sp³-hybridized carbons (Fsp3) is 0.407. The fourth-order valence-corrected chi connectivity index (χ4v) is 9.43. The molecule has 0 bridgehead atoms. The molecule has 0 aliphatic heterocycles. The highest BCUT2D eigenvalue weighted by Gasteiger charge is 2.37. The van der Waals surface area contributed by atoms with Crippen molar-refractivity contribution >= 4 is 58.4 Å². The van der Waals surface area contributed by atoms with Crippen molar-refractivity contribution in [2.75, 3.05) is 37.9 Å². The Labute approximate surface area is 399 Å². The number of hydrogen-bond donors (Lipinski definition) is 2. The molecule has 66 heavy (non-hydrogen) atoms. The lowest BCUT2D eigenvalue weighted by molar-refractivity contribution is -0.139. The van der Waals surface area contributed by atoms with Crippen molar-refractivity contribution in [2.45, 2.75) is 136 Å². The van der Waals surface area contributed by atoms with Crippen LogP contribution in [0.15, 0.2) is 117 Å². The van der Waals surface area contributed by atoms with Gasteiger partial charge in [0.2, 0.25) is 0 Å². The standard InChI is InChI=1S/C54H66N2O8S2/c1-37(2)53(59)63-35-19-15-11-7-5-9-13-17-33-61-39-21-25-41(26-22-39)65-45-31-29-43(55)47-49(45)52(58)50-46(32-30-44(56)48(50)51(47)57)66-42-27-23-40(24-28-42)62-34-18-14-10-6-8-12-16-20-36-64-54(60)38(3)4/h21-32H,1,3,5-20,33-36,55-56H2,2,4H3. The fourth-order valence-electron chi connectivity index (χ4n) is 7.51. The predicted octanol–water partition coefficient (Wildman–Crippen LogP) is 13.2. The van der Waals surface area contributed by atoms with Crippen molar-refractivity contribution in [1.82, 2.24) is 0 Å². The van der Waals surface area contributed by atoms with Crippen LogP contribution in [0, 0.1) is 0 Å². The van der Waals surface area contributed by atoms with Crippen LogP contribution >= 0.6 is 23.5 Å². The van der Waals surface area contributed by atoms with Gasteiger partial charge in [-0.1, -0.05) is 114 Å². The number of nitrogens with two attached hydrogens (primary N) is 2. The molecule has 0 heterocycles. The Balaban J connectivity index is 1.07. The molecule has 5 rings (SSSR count). The van der Waals surface area contributed by atoms with E-state index in [1.54, 1.807) is 38.1 Å². The van der Waals surface area contributed by atoms with Crippen LogP contribution in [0.2, 0.25) is 0 Å². The zero-order chi connectivity index (χ0) is 47.3. The number of rotatable bonds is 30. The quantitative estimate of drug-likeness (QED) is 0.0195. The molecule has 4 aromatic carbocycles. The first-order valence-corrected chi connectivity index (χ1v) is 25.0. The minimum atomic E-state index is -0.357. The van der Waals surface area contributed by atoms with Crippen LogP contribution in [0.5, 0.6) is 11.5 Å². The second-order valence-corrected chi connectivity index (χ2v) is 19.0. The lowest BCUT2D eigenvalue weighted by Gasteiger charge is -2.24. The summed E-state index contributed by atoms with van der Waals surface area (Å²) in [5.41, 5.74) is 15.1. The Hall–Kier alpha value is -5.46. The lowest BCUT2D eigenvalue weighted by atomic mass is 9.82. The Morgan fingerprint density at radius 2 is 0.742 bits per heavy atom. The molecular weight excluding hydrogens is 869 g/mol. The molecule has 352 valence electrons. The van der Waals surface area contributed by atoms with Gasteiger partial charge in [-0.2, -0.15) is 0 Å². The van der Waals surface area contributed by atoms with E-state index in [9.17, 15) is 19.2 Å². The van der Waals surface area contributed by atoms with Crippen molar-refractivity contribution in [3.05, 3.63) is 119 Å². The summed E-state index contributed by atoms with van der Waals surface area (Å²) in [6.07, 6.45) is 17.3. The van der Waals surface area contributed by atoms with Crippen molar-refractivity contribution in [1.29, 1.82) is 0 Å². The van der Waals surface area contributed by atoms with Gasteiger partial charge in [-0.3, -0.25) is 9.59 Å². The van der Waals surface area contributed by atoms with Crippen molar-refractivity contribution < 1.29 is 38.1 Å². The molecule has 4 aromatic rings. The number of esters is 2. The van der Waals surface area contributed by atoms with Crippen LogP contribution in [-0.2, 0) is 19.1 Å². The number of carbonyl (C=O) groups is 4. The number of anilines is 2. The van der Waals surface area contributed by atoms with E-state index in [-0.39, 0.29) is 57.1 Å². The monoisotopic (exact) mass is 934 g/mol. The van der Waals surface area contributed by atoms with E-state index in [4.69, 9.17) is 30.4 Å². The second kappa shape index (κ2) is 27.2. The largest absolute Gasteiger partial charge is 0.494 e. The molecule has 0 spiro atoms.